The maximum absolute atomic E-state index is 12.8. The van der Waals surface area contributed by atoms with E-state index in [0.29, 0.717) is 22.9 Å². The minimum absolute atomic E-state index is 0.0261. The summed E-state index contributed by atoms with van der Waals surface area (Å²) in [4.78, 5) is 26.0. The first-order valence-electron chi connectivity index (χ1n) is 7.59. The van der Waals surface area contributed by atoms with E-state index >= 15 is 0 Å². The maximum atomic E-state index is 12.8. The van der Waals surface area contributed by atoms with Crippen LogP contribution in [0.2, 0.25) is 0 Å². The van der Waals surface area contributed by atoms with Crippen LogP contribution in [0.1, 0.15) is 6.92 Å². The number of hydrogen-bond donors (Lipinski definition) is 1. The standard InChI is InChI=1S/C18H18N2O4/c1-12(24-14-7-5-6-13(10-14)23-2)18(22)20-11-17(21)19-15-8-3-4-9-16(15)20/h3-10,12H,11H2,1-2H3,(H,19,21). The van der Waals surface area contributed by atoms with Crippen molar-refractivity contribution in [3.8, 4) is 11.5 Å². The summed E-state index contributed by atoms with van der Waals surface area (Å²) in [7, 11) is 1.57. The minimum atomic E-state index is -0.740. The zero-order chi connectivity index (χ0) is 17.1. The second-order valence-corrected chi connectivity index (χ2v) is 5.43. The molecule has 1 N–H and O–H groups in total. The first kappa shape index (κ1) is 15.9. The number of nitrogens with one attached hydrogen (secondary N) is 1. The number of methoxy groups -OCH3 is 1. The maximum Gasteiger partial charge on any atom is 0.268 e. The highest BCUT2D eigenvalue weighted by molar-refractivity contribution is 6.10. The number of carbonyl (C=O) groups excluding carboxylic acids is 2. The Hall–Kier alpha value is -3.02. The molecule has 0 aromatic heterocycles. The second kappa shape index (κ2) is 6.62. The fourth-order valence-corrected chi connectivity index (χ4v) is 2.58. The zero-order valence-electron chi connectivity index (χ0n) is 13.5. The molecule has 0 bridgehead atoms. The molecule has 2 amide bonds. The number of fused-ring (bicyclic) bond motifs is 1. The van der Waals surface area contributed by atoms with Crippen molar-refractivity contribution in [3.63, 3.8) is 0 Å². The highest BCUT2D eigenvalue weighted by atomic mass is 16.5. The number of hydrogen-bond acceptors (Lipinski definition) is 4. The molecule has 1 aliphatic rings. The van der Waals surface area contributed by atoms with Gasteiger partial charge in [-0.3, -0.25) is 14.5 Å². The molecule has 0 fully saturated rings. The molecule has 6 nitrogen and oxygen atoms in total. The molecule has 2 aromatic rings. The molecule has 24 heavy (non-hydrogen) atoms. The Bertz CT molecular complexity index is 775. The van der Waals surface area contributed by atoms with Gasteiger partial charge in [0.25, 0.3) is 5.91 Å². The minimum Gasteiger partial charge on any atom is -0.497 e. The smallest absolute Gasteiger partial charge is 0.268 e. The Morgan fingerprint density at radius 3 is 2.71 bits per heavy atom. The number of rotatable bonds is 4. The van der Waals surface area contributed by atoms with Crippen LogP contribution in [0.5, 0.6) is 11.5 Å². The molecule has 6 heteroatoms. The van der Waals surface area contributed by atoms with Crippen LogP contribution in [0.15, 0.2) is 48.5 Å². The van der Waals surface area contributed by atoms with Crippen LogP contribution in [0, 0.1) is 0 Å². The fourth-order valence-electron chi connectivity index (χ4n) is 2.58. The van der Waals surface area contributed by atoms with Crippen molar-refractivity contribution < 1.29 is 19.1 Å². The van der Waals surface area contributed by atoms with Crippen molar-refractivity contribution in [1.82, 2.24) is 0 Å². The van der Waals surface area contributed by atoms with Gasteiger partial charge in [-0.15, -0.1) is 0 Å². The van der Waals surface area contributed by atoms with Gasteiger partial charge >= 0.3 is 0 Å². The van der Waals surface area contributed by atoms with E-state index in [2.05, 4.69) is 5.32 Å². The molecular formula is C18H18N2O4. The van der Waals surface area contributed by atoms with E-state index in [1.165, 1.54) is 4.90 Å². The molecule has 1 heterocycles. The number of ether oxygens (including phenoxy) is 2. The zero-order valence-corrected chi connectivity index (χ0v) is 13.5. The summed E-state index contributed by atoms with van der Waals surface area (Å²) in [5, 5.41) is 2.76. The summed E-state index contributed by atoms with van der Waals surface area (Å²) < 4.78 is 10.9. The summed E-state index contributed by atoms with van der Waals surface area (Å²) in [6.45, 7) is 1.64. The van der Waals surface area contributed by atoms with Crippen molar-refractivity contribution >= 4 is 23.2 Å². The summed E-state index contributed by atoms with van der Waals surface area (Å²) >= 11 is 0. The molecule has 1 aliphatic heterocycles. The number of carbonyl (C=O) groups is 2. The Balaban J connectivity index is 1.79. The molecule has 3 rings (SSSR count). The lowest BCUT2D eigenvalue weighted by atomic mass is 10.1. The van der Waals surface area contributed by atoms with Gasteiger partial charge < -0.3 is 14.8 Å². The van der Waals surface area contributed by atoms with Gasteiger partial charge in [0.15, 0.2) is 6.10 Å². The molecule has 0 spiro atoms. The van der Waals surface area contributed by atoms with Gasteiger partial charge in [-0.2, -0.15) is 0 Å². The van der Waals surface area contributed by atoms with Crippen molar-refractivity contribution in [2.24, 2.45) is 0 Å². The molecule has 1 atom stereocenters. The van der Waals surface area contributed by atoms with E-state index in [1.807, 2.05) is 12.1 Å². The molecular weight excluding hydrogens is 308 g/mol. The van der Waals surface area contributed by atoms with E-state index in [-0.39, 0.29) is 18.4 Å². The monoisotopic (exact) mass is 326 g/mol. The first-order chi connectivity index (χ1) is 11.6. The number of anilines is 2. The van der Waals surface area contributed by atoms with Crippen LogP contribution >= 0.6 is 0 Å². The lowest BCUT2D eigenvalue weighted by molar-refractivity contribution is -0.126. The molecule has 124 valence electrons. The summed E-state index contributed by atoms with van der Waals surface area (Å²) in [5.74, 6) is 0.676. The van der Waals surface area contributed by atoms with Gasteiger partial charge in [-0.05, 0) is 31.2 Å². The van der Waals surface area contributed by atoms with Gasteiger partial charge in [0, 0.05) is 6.07 Å². The first-order valence-corrected chi connectivity index (χ1v) is 7.59. The third-order valence-electron chi connectivity index (χ3n) is 3.74. The summed E-state index contributed by atoms with van der Waals surface area (Å²) in [6.07, 6.45) is -0.740. The molecule has 1 unspecified atom stereocenters. The van der Waals surface area contributed by atoms with Crippen molar-refractivity contribution in [2.75, 3.05) is 23.9 Å². The van der Waals surface area contributed by atoms with Crippen LogP contribution in [0.4, 0.5) is 11.4 Å². The number of nitrogens with zero attached hydrogens (tertiary/aromatic N) is 1. The predicted molar refractivity (Wildman–Crippen MR) is 90.5 cm³/mol. The Labute approximate surface area is 140 Å². The Kier molecular flexibility index (Phi) is 4.37. The van der Waals surface area contributed by atoms with Gasteiger partial charge in [0.1, 0.15) is 18.0 Å². The summed E-state index contributed by atoms with van der Waals surface area (Å²) in [6, 6.07) is 14.2. The van der Waals surface area contributed by atoms with Gasteiger partial charge in [-0.25, -0.2) is 0 Å². The van der Waals surface area contributed by atoms with Crippen molar-refractivity contribution in [2.45, 2.75) is 13.0 Å². The molecule has 2 aromatic carbocycles. The third kappa shape index (κ3) is 3.17. The van der Waals surface area contributed by atoms with E-state index < -0.39 is 6.10 Å². The van der Waals surface area contributed by atoms with Gasteiger partial charge in [-0.1, -0.05) is 18.2 Å². The van der Waals surface area contributed by atoms with Crippen LogP contribution in [-0.4, -0.2) is 31.6 Å². The normalized spacial score (nSPS) is 14.4. The van der Waals surface area contributed by atoms with Crippen LogP contribution in [0.25, 0.3) is 0 Å². The quantitative estimate of drug-likeness (QED) is 0.937. The van der Waals surface area contributed by atoms with Gasteiger partial charge in [0.05, 0.1) is 18.5 Å². The average Bonchev–Trinajstić information content (AvgIpc) is 2.60. The highest BCUT2D eigenvalue weighted by Crippen LogP contribution is 2.30. The van der Waals surface area contributed by atoms with E-state index in [1.54, 1.807) is 50.4 Å². The largest absolute Gasteiger partial charge is 0.497 e. The lowest BCUT2D eigenvalue weighted by Gasteiger charge is -2.31. The van der Waals surface area contributed by atoms with E-state index in [0.717, 1.165) is 0 Å². The SMILES string of the molecule is COc1cccc(OC(C)C(=O)N2CC(=O)Nc3ccccc32)c1. The lowest BCUT2D eigenvalue weighted by Crippen LogP contribution is -2.47. The topological polar surface area (TPSA) is 67.9 Å². The highest BCUT2D eigenvalue weighted by Gasteiger charge is 2.30. The van der Waals surface area contributed by atoms with Gasteiger partial charge in [0.2, 0.25) is 5.91 Å². The number of benzene rings is 2. The molecule has 0 radical (unpaired) electrons. The van der Waals surface area contributed by atoms with Crippen molar-refractivity contribution in [3.05, 3.63) is 48.5 Å². The Morgan fingerprint density at radius 2 is 1.92 bits per heavy atom. The molecule has 0 saturated heterocycles. The molecule has 0 saturated carbocycles. The van der Waals surface area contributed by atoms with Crippen LogP contribution in [-0.2, 0) is 9.59 Å². The van der Waals surface area contributed by atoms with Crippen LogP contribution < -0.4 is 19.7 Å². The number of para-hydroxylation sites is 2. The van der Waals surface area contributed by atoms with Crippen LogP contribution in [0.3, 0.4) is 0 Å². The van der Waals surface area contributed by atoms with E-state index in [9.17, 15) is 9.59 Å². The molecule has 0 aliphatic carbocycles. The Morgan fingerprint density at radius 1 is 1.17 bits per heavy atom. The fraction of sp³-hybridized carbons (Fsp3) is 0.222. The third-order valence-corrected chi connectivity index (χ3v) is 3.74. The predicted octanol–water partition coefficient (Wildman–Crippen LogP) is 2.45. The number of amides is 2. The summed E-state index contributed by atoms with van der Waals surface area (Å²) in [5.41, 5.74) is 1.29. The second-order valence-electron chi connectivity index (χ2n) is 5.43. The van der Waals surface area contributed by atoms with E-state index in [4.69, 9.17) is 9.47 Å². The van der Waals surface area contributed by atoms with Crippen molar-refractivity contribution in [1.29, 1.82) is 0 Å². The average molecular weight is 326 g/mol.